The van der Waals surface area contributed by atoms with Crippen molar-refractivity contribution in [2.45, 2.75) is 19.4 Å². The summed E-state index contributed by atoms with van der Waals surface area (Å²) in [7, 11) is 0. The molecule has 19 heavy (non-hydrogen) atoms. The van der Waals surface area contributed by atoms with E-state index >= 15 is 0 Å². The van der Waals surface area contributed by atoms with E-state index in [-0.39, 0.29) is 22.9 Å². The number of hydrogen-bond acceptors (Lipinski definition) is 2. The van der Waals surface area contributed by atoms with Gasteiger partial charge < -0.3 is 0 Å². The Morgan fingerprint density at radius 1 is 1.11 bits per heavy atom. The summed E-state index contributed by atoms with van der Waals surface area (Å²) in [6.07, 6.45) is 0. The molecule has 0 aromatic heterocycles. The highest BCUT2D eigenvalue weighted by molar-refractivity contribution is 14.1. The molecule has 106 valence electrons. The lowest BCUT2D eigenvalue weighted by Crippen LogP contribution is -2.37. The number of rotatable bonds is 0. The van der Waals surface area contributed by atoms with Crippen LogP contribution in [0.5, 0.6) is 0 Å². The van der Waals surface area contributed by atoms with Crippen molar-refractivity contribution in [3.63, 3.8) is 0 Å². The lowest BCUT2D eigenvalue weighted by molar-refractivity contribution is -0.127. The monoisotopic (exact) mass is 568 g/mol. The van der Waals surface area contributed by atoms with Gasteiger partial charge in [-0.15, -0.1) is 17.0 Å². The highest BCUT2D eigenvalue weighted by Crippen LogP contribution is 2.32. The van der Waals surface area contributed by atoms with Crippen molar-refractivity contribution in [1.29, 1.82) is 0 Å². The Kier molecular flexibility index (Phi) is 8.08. The van der Waals surface area contributed by atoms with E-state index in [0.29, 0.717) is 0 Å². The first-order valence-corrected chi connectivity index (χ1v) is 7.49. The fourth-order valence-corrected chi connectivity index (χ4v) is 2.67. The predicted molar refractivity (Wildman–Crippen MR) is 95.5 cm³/mol. The molecule has 1 aromatic carbocycles. The van der Waals surface area contributed by atoms with Gasteiger partial charge in [-0.3, -0.25) is 4.79 Å². The second kappa shape index (κ2) is 7.94. The summed E-state index contributed by atoms with van der Waals surface area (Å²) in [5.41, 5.74) is -0.805. The van der Waals surface area contributed by atoms with Gasteiger partial charge in [-0.05, 0) is 48.6 Å². The number of carbonyl (C=O) groups excluding carboxylic acids is 2. The lowest BCUT2D eigenvalue weighted by Gasteiger charge is -2.19. The average Bonchev–Trinajstić information content (AvgIpc) is 2.47. The third kappa shape index (κ3) is 4.68. The van der Waals surface area contributed by atoms with E-state index < -0.39 is 11.6 Å². The molecule has 3 amide bonds. The molecule has 1 aliphatic heterocycles. The summed E-state index contributed by atoms with van der Waals surface area (Å²) in [5.74, 6) is -0.278. The normalized spacial score (nSPS) is 16.7. The maximum atomic E-state index is 11.2. The number of carbonyl (C=O) groups is 2. The van der Waals surface area contributed by atoms with Gasteiger partial charge >= 0.3 is 6.03 Å². The van der Waals surface area contributed by atoms with Crippen molar-refractivity contribution in [1.82, 2.24) is 7.85 Å². The minimum atomic E-state index is -0.805. The van der Waals surface area contributed by atoms with Gasteiger partial charge in [-0.25, -0.2) is 8.72 Å². The second-order valence-electron chi connectivity index (χ2n) is 4.00. The molecule has 0 atom stereocenters. The Morgan fingerprint density at radius 3 is 1.74 bits per heavy atom. The topological polar surface area (TPSA) is 40.6 Å². The van der Waals surface area contributed by atoms with E-state index in [1.54, 1.807) is 13.8 Å². The molecular weight excluding hydrogens is 559 g/mol. The molecule has 0 bridgehead atoms. The summed E-state index contributed by atoms with van der Waals surface area (Å²) in [6, 6.07) is 9.81. The molecule has 2 rings (SSSR count). The van der Waals surface area contributed by atoms with E-state index in [9.17, 15) is 9.59 Å². The highest BCUT2D eigenvalue weighted by Gasteiger charge is 2.50. The van der Waals surface area contributed by atoms with Crippen LogP contribution in [-0.4, -0.2) is 25.3 Å². The zero-order valence-electron chi connectivity index (χ0n) is 10.1. The molecule has 4 nitrogen and oxygen atoms in total. The van der Waals surface area contributed by atoms with Gasteiger partial charge in [-0.1, -0.05) is 18.2 Å². The molecule has 0 saturated carbocycles. The number of hydrogen-bond donors (Lipinski definition) is 0. The molecule has 1 aromatic rings. The van der Waals surface area contributed by atoms with Crippen LogP contribution in [0.2, 0.25) is 0 Å². The smallest absolute Gasteiger partial charge is 0.271 e. The van der Waals surface area contributed by atoms with Crippen LogP contribution in [0, 0.1) is 3.57 Å². The van der Waals surface area contributed by atoms with Gasteiger partial charge in [0.05, 0.1) is 32.3 Å². The summed E-state index contributed by atoms with van der Waals surface area (Å²) < 4.78 is 3.40. The Labute approximate surface area is 153 Å². The summed E-state index contributed by atoms with van der Waals surface area (Å²) >= 11 is 8.12. The maximum absolute atomic E-state index is 11.2. The van der Waals surface area contributed by atoms with Crippen molar-refractivity contribution >= 4 is 83.8 Å². The van der Waals surface area contributed by atoms with Gasteiger partial charge in [0.1, 0.15) is 5.54 Å². The van der Waals surface area contributed by atoms with Gasteiger partial charge in [0.15, 0.2) is 0 Å². The Hall–Kier alpha value is 0.330. The minimum Gasteiger partial charge on any atom is -0.271 e. The number of benzene rings is 1. The van der Waals surface area contributed by atoms with E-state index in [1.807, 2.05) is 18.2 Å². The molecule has 8 heteroatoms. The molecule has 0 radical (unpaired) electrons. The minimum absolute atomic E-state index is 0. The van der Waals surface area contributed by atoms with Crippen molar-refractivity contribution in [3.05, 3.63) is 33.9 Å². The largest absolute Gasteiger partial charge is 0.348 e. The zero-order chi connectivity index (χ0) is 13.9. The van der Waals surface area contributed by atoms with Crippen molar-refractivity contribution < 1.29 is 9.59 Å². The first kappa shape index (κ1) is 19.3. The average molecular weight is 571 g/mol. The standard InChI is InChI=1S/C6H5I.C5H6Br2N2O2.BrH/c7-6-4-2-1-3-5-6;1-5(2)3(10)8(6)4(11)9(5)7;/h1-5H;1-2H3;1H. The predicted octanol–water partition coefficient (Wildman–Crippen LogP) is 4.52. The summed E-state index contributed by atoms with van der Waals surface area (Å²) in [5, 5.41) is 0. The van der Waals surface area contributed by atoms with Crippen LogP contribution in [0.3, 0.4) is 0 Å². The second-order valence-corrected chi connectivity index (χ2v) is 6.67. The van der Waals surface area contributed by atoms with E-state index in [0.717, 1.165) is 3.93 Å². The van der Waals surface area contributed by atoms with E-state index in [2.05, 4.69) is 67.0 Å². The molecule has 1 saturated heterocycles. The zero-order valence-corrected chi connectivity index (χ0v) is 17.2. The third-order valence-corrected chi connectivity index (χ3v) is 4.80. The Bertz CT molecular complexity index is 457. The van der Waals surface area contributed by atoms with Gasteiger partial charge in [-0.2, -0.15) is 3.93 Å². The van der Waals surface area contributed by atoms with Crippen LogP contribution in [-0.2, 0) is 4.79 Å². The van der Waals surface area contributed by atoms with Gasteiger partial charge in [0.25, 0.3) is 5.91 Å². The molecule has 1 heterocycles. The Balaban J connectivity index is 0.000000352. The van der Waals surface area contributed by atoms with E-state index in [4.69, 9.17) is 0 Å². The fraction of sp³-hybridized carbons (Fsp3) is 0.273. The molecule has 0 aliphatic carbocycles. The summed E-state index contributed by atoms with van der Waals surface area (Å²) in [4.78, 5) is 22.3. The van der Waals surface area contributed by atoms with Crippen molar-refractivity contribution in [3.8, 4) is 0 Å². The molecular formula is C11H12Br3IN2O2. The van der Waals surface area contributed by atoms with Crippen molar-refractivity contribution in [2.75, 3.05) is 0 Å². The lowest BCUT2D eigenvalue weighted by atomic mass is 10.1. The van der Waals surface area contributed by atoms with Gasteiger partial charge in [0, 0.05) is 3.57 Å². The number of nitrogens with zero attached hydrogens (tertiary/aromatic N) is 2. The first-order chi connectivity index (χ1) is 8.28. The molecule has 0 N–H and O–H groups in total. The number of amides is 3. The van der Waals surface area contributed by atoms with Gasteiger partial charge in [0.2, 0.25) is 0 Å². The van der Waals surface area contributed by atoms with Crippen LogP contribution in [0.1, 0.15) is 13.8 Å². The van der Waals surface area contributed by atoms with Crippen LogP contribution in [0.25, 0.3) is 0 Å². The Morgan fingerprint density at radius 2 is 1.58 bits per heavy atom. The molecule has 0 unspecified atom stereocenters. The maximum Gasteiger partial charge on any atom is 0.348 e. The number of halogens is 4. The number of urea groups is 1. The van der Waals surface area contributed by atoms with Crippen LogP contribution >= 0.6 is 71.9 Å². The van der Waals surface area contributed by atoms with Crippen LogP contribution in [0.15, 0.2) is 30.3 Å². The molecule has 1 fully saturated rings. The molecule has 0 spiro atoms. The van der Waals surface area contributed by atoms with Crippen molar-refractivity contribution in [2.24, 2.45) is 0 Å². The third-order valence-electron chi connectivity index (χ3n) is 2.26. The fourth-order valence-electron chi connectivity index (χ4n) is 1.14. The van der Waals surface area contributed by atoms with Crippen LogP contribution in [0.4, 0.5) is 4.79 Å². The van der Waals surface area contributed by atoms with Crippen LogP contribution < -0.4 is 0 Å². The SMILES string of the molecule is Br.CC1(C)C(=O)N(Br)C(=O)N1Br.Ic1ccccc1. The van der Waals surface area contributed by atoms with E-state index in [1.165, 1.54) is 7.50 Å². The quantitative estimate of drug-likeness (QED) is 0.262. The molecule has 1 aliphatic rings. The first-order valence-electron chi connectivity index (χ1n) is 4.99. The summed E-state index contributed by atoms with van der Waals surface area (Å²) in [6.45, 7) is 3.31. The highest BCUT2D eigenvalue weighted by atomic mass is 127. The number of imide groups is 1.